The summed E-state index contributed by atoms with van der Waals surface area (Å²) in [6.07, 6.45) is 2.74. The van der Waals surface area contributed by atoms with Crippen molar-refractivity contribution in [3.63, 3.8) is 0 Å². The topological polar surface area (TPSA) is 83.8 Å². The fourth-order valence-electron chi connectivity index (χ4n) is 1.31. The molecule has 0 spiro atoms. The molecule has 0 aliphatic carbocycles. The molecule has 2 rings (SSSR count). The number of H-pyrrole nitrogens is 1. The highest BCUT2D eigenvalue weighted by Gasteiger charge is 2.19. The van der Waals surface area contributed by atoms with Crippen LogP contribution in [0.1, 0.15) is 10.4 Å². The number of aromatic carboxylic acids is 1. The summed E-state index contributed by atoms with van der Waals surface area (Å²) >= 11 is 5.84. The lowest BCUT2D eigenvalue weighted by Crippen LogP contribution is -1.99. The van der Waals surface area contributed by atoms with Gasteiger partial charge in [-0.2, -0.15) is 5.10 Å². The second-order valence-corrected chi connectivity index (χ2v) is 3.32. The highest BCUT2D eigenvalue weighted by atomic mass is 35.5. The summed E-state index contributed by atoms with van der Waals surface area (Å²) in [5.41, 5.74) is 0.930. The molecule has 0 aliphatic rings. The molecule has 15 heavy (non-hydrogen) atoms. The minimum absolute atomic E-state index is 0.0699. The van der Waals surface area contributed by atoms with E-state index in [9.17, 15) is 4.79 Å². The molecule has 0 amide bonds. The molecular weight excluding hydrogens is 220 g/mol. The number of aromatic nitrogens is 4. The number of hydrogen-bond acceptors (Lipinski definition) is 3. The second-order valence-electron chi connectivity index (χ2n) is 2.96. The van der Waals surface area contributed by atoms with Crippen molar-refractivity contribution in [2.24, 2.45) is 7.05 Å². The molecule has 2 N–H and O–H groups in total. The van der Waals surface area contributed by atoms with E-state index in [1.54, 1.807) is 11.6 Å². The number of nitrogens with one attached hydrogen (secondary N) is 1. The largest absolute Gasteiger partial charge is 0.478 e. The third-order valence-corrected chi connectivity index (χ3v) is 2.28. The predicted molar refractivity (Wildman–Crippen MR) is 52.8 cm³/mol. The van der Waals surface area contributed by atoms with Gasteiger partial charge in [-0.05, 0) is 0 Å². The zero-order valence-corrected chi connectivity index (χ0v) is 8.49. The minimum atomic E-state index is -1.06. The first-order valence-electron chi connectivity index (χ1n) is 4.05. The van der Waals surface area contributed by atoms with Gasteiger partial charge in [-0.15, -0.1) is 0 Å². The lowest BCUT2D eigenvalue weighted by molar-refractivity contribution is 0.0698. The van der Waals surface area contributed by atoms with Crippen molar-refractivity contribution >= 4 is 17.6 Å². The number of carbonyl (C=O) groups is 1. The molecule has 0 aromatic carbocycles. The first-order chi connectivity index (χ1) is 7.11. The predicted octanol–water partition coefficient (Wildman–Crippen LogP) is 1.16. The summed E-state index contributed by atoms with van der Waals surface area (Å²) < 4.78 is 1.63. The maximum absolute atomic E-state index is 10.9. The van der Waals surface area contributed by atoms with E-state index in [1.165, 1.54) is 12.5 Å². The summed E-state index contributed by atoms with van der Waals surface area (Å²) in [4.78, 5) is 14.7. The van der Waals surface area contributed by atoms with Crippen molar-refractivity contribution in [2.45, 2.75) is 0 Å². The molecule has 0 atom stereocenters. The Morgan fingerprint density at radius 1 is 1.67 bits per heavy atom. The van der Waals surface area contributed by atoms with Gasteiger partial charge in [-0.3, -0.25) is 5.10 Å². The maximum atomic E-state index is 10.9. The Labute approximate surface area is 89.5 Å². The van der Waals surface area contributed by atoms with Crippen molar-refractivity contribution in [1.29, 1.82) is 0 Å². The van der Waals surface area contributed by atoms with E-state index in [4.69, 9.17) is 16.7 Å². The van der Waals surface area contributed by atoms with Crippen molar-refractivity contribution < 1.29 is 9.90 Å². The molecule has 0 radical (unpaired) electrons. The molecular formula is C8H7ClN4O2. The number of nitrogens with zero attached hydrogens (tertiary/aromatic N) is 3. The van der Waals surface area contributed by atoms with Gasteiger partial charge in [-0.1, -0.05) is 11.6 Å². The Hall–Kier alpha value is -1.82. The molecule has 0 bridgehead atoms. The van der Waals surface area contributed by atoms with E-state index in [0.29, 0.717) is 11.4 Å². The highest BCUT2D eigenvalue weighted by Crippen LogP contribution is 2.26. The third kappa shape index (κ3) is 1.48. The standard InChI is InChI=1S/C8H7ClN4O2/c1-13-3-10-7(9)6(13)5-4(8(14)15)2-11-12-5/h2-3H,1H3,(H,11,12)(H,14,15). The number of aromatic amines is 1. The van der Waals surface area contributed by atoms with E-state index >= 15 is 0 Å². The lowest BCUT2D eigenvalue weighted by Gasteiger charge is -2.00. The molecule has 7 heteroatoms. The van der Waals surface area contributed by atoms with Crippen LogP contribution in [0.5, 0.6) is 0 Å². The van der Waals surface area contributed by atoms with Crippen molar-refractivity contribution in [3.8, 4) is 11.4 Å². The van der Waals surface area contributed by atoms with E-state index in [-0.39, 0.29) is 10.7 Å². The average Bonchev–Trinajstić information content (AvgIpc) is 2.73. The number of hydrogen-bond donors (Lipinski definition) is 2. The number of carboxylic acid groups (broad SMARTS) is 1. The van der Waals surface area contributed by atoms with Crippen molar-refractivity contribution in [1.82, 2.24) is 19.7 Å². The number of aryl methyl sites for hydroxylation is 1. The SMILES string of the molecule is Cn1cnc(Cl)c1-c1[nH]ncc1C(=O)O. The minimum Gasteiger partial charge on any atom is -0.478 e. The first kappa shape index (κ1) is 9.72. The van der Waals surface area contributed by atoms with Crippen LogP contribution in [-0.4, -0.2) is 30.8 Å². The highest BCUT2D eigenvalue weighted by molar-refractivity contribution is 6.32. The monoisotopic (exact) mass is 226 g/mol. The van der Waals surface area contributed by atoms with Crippen LogP contribution in [0.2, 0.25) is 5.15 Å². The Bertz CT molecular complexity index is 497. The number of rotatable bonds is 2. The molecule has 0 unspecified atom stereocenters. The summed E-state index contributed by atoms with van der Waals surface area (Å²) in [6.45, 7) is 0. The molecule has 2 heterocycles. The van der Waals surface area contributed by atoms with Gasteiger partial charge < -0.3 is 9.67 Å². The van der Waals surface area contributed by atoms with Crippen molar-refractivity contribution in [2.75, 3.05) is 0 Å². The van der Waals surface area contributed by atoms with Gasteiger partial charge in [0.15, 0.2) is 5.15 Å². The van der Waals surface area contributed by atoms with Gasteiger partial charge in [0.25, 0.3) is 0 Å². The van der Waals surface area contributed by atoms with Crippen LogP contribution in [0.25, 0.3) is 11.4 Å². The second kappa shape index (κ2) is 3.39. The van der Waals surface area contributed by atoms with Gasteiger partial charge in [0, 0.05) is 7.05 Å². The maximum Gasteiger partial charge on any atom is 0.339 e. The lowest BCUT2D eigenvalue weighted by atomic mass is 10.2. The molecule has 2 aromatic rings. The Balaban J connectivity index is 2.64. The molecule has 0 saturated heterocycles. The molecule has 2 aromatic heterocycles. The molecule has 0 saturated carbocycles. The average molecular weight is 227 g/mol. The van der Waals surface area contributed by atoms with Gasteiger partial charge in [0.2, 0.25) is 0 Å². The normalized spacial score (nSPS) is 10.5. The zero-order chi connectivity index (χ0) is 11.0. The first-order valence-corrected chi connectivity index (χ1v) is 4.43. The fraction of sp³-hybridized carbons (Fsp3) is 0.125. The van der Waals surface area contributed by atoms with Crippen LogP contribution in [0.3, 0.4) is 0 Å². The summed E-state index contributed by atoms with van der Waals surface area (Å²) in [6, 6.07) is 0. The van der Waals surface area contributed by atoms with Crippen molar-refractivity contribution in [3.05, 3.63) is 23.2 Å². The van der Waals surface area contributed by atoms with E-state index in [0.717, 1.165) is 0 Å². The summed E-state index contributed by atoms with van der Waals surface area (Å²) in [5, 5.41) is 15.4. The van der Waals surface area contributed by atoms with Crippen LogP contribution in [0.15, 0.2) is 12.5 Å². The molecule has 0 fully saturated rings. The molecule has 0 aliphatic heterocycles. The zero-order valence-electron chi connectivity index (χ0n) is 7.73. The van der Waals surface area contributed by atoms with Gasteiger partial charge in [-0.25, -0.2) is 9.78 Å². The summed E-state index contributed by atoms with van der Waals surface area (Å²) in [5.74, 6) is -1.06. The van der Waals surface area contributed by atoms with Crippen LogP contribution >= 0.6 is 11.6 Å². The Morgan fingerprint density at radius 3 is 2.93 bits per heavy atom. The smallest absolute Gasteiger partial charge is 0.339 e. The Kier molecular flexibility index (Phi) is 2.20. The van der Waals surface area contributed by atoms with Crippen LogP contribution in [-0.2, 0) is 7.05 Å². The number of carboxylic acids is 1. The van der Waals surface area contributed by atoms with Gasteiger partial charge >= 0.3 is 5.97 Å². The van der Waals surface area contributed by atoms with Crippen LogP contribution in [0, 0.1) is 0 Å². The van der Waals surface area contributed by atoms with E-state index in [2.05, 4.69) is 15.2 Å². The third-order valence-electron chi connectivity index (χ3n) is 2.00. The summed E-state index contributed by atoms with van der Waals surface area (Å²) in [7, 11) is 1.72. The number of halogens is 1. The quantitative estimate of drug-likeness (QED) is 0.805. The molecule has 6 nitrogen and oxygen atoms in total. The van der Waals surface area contributed by atoms with Gasteiger partial charge in [0.1, 0.15) is 11.3 Å². The van der Waals surface area contributed by atoms with E-state index < -0.39 is 5.97 Å². The molecule has 78 valence electrons. The van der Waals surface area contributed by atoms with E-state index in [1.807, 2.05) is 0 Å². The number of imidazole rings is 1. The fourth-order valence-corrected chi connectivity index (χ4v) is 1.58. The van der Waals surface area contributed by atoms with Gasteiger partial charge in [0.05, 0.1) is 18.2 Å². The van der Waals surface area contributed by atoms with Crippen LogP contribution in [0.4, 0.5) is 0 Å². The van der Waals surface area contributed by atoms with Crippen LogP contribution < -0.4 is 0 Å². The Morgan fingerprint density at radius 2 is 2.40 bits per heavy atom.